The molecular formula is C20H19N3O2S2. The van der Waals surface area contributed by atoms with Crippen molar-refractivity contribution in [2.24, 2.45) is 5.92 Å². The molecular weight excluding hydrogens is 378 g/mol. The molecule has 1 aliphatic rings. The lowest BCUT2D eigenvalue weighted by atomic mass is 10.1. The Labute approximate surface area is 165 Å². The van der Waals surface area contributed by atoms with E-state index in [2.05, 4.69) is 27.8 Å². The minimum Gasteiger partial charge on any atom is -0.326 e. The highest BCUT2D eigenvalue weighted by molar-refractivity contribution is 7.22. The largest absolute Gasteiger partial charge is 0.326 e. The first kappa shape index (κ1) is 17.9. The van der Waals surface area contributed by atoms with E-state index in [-0.39, 0.29) is 11.8 Å². The summed E-state index contributed by atoms with van der Waals surface area (Å²) in [4.78, 5) is 30.7. The van der Waals surface area contributed by atoms with Gasteiger partial charge < -0.3 is 5.32 Å². The van der Waals surface area contributed by atoms with Gasteiger partial charge in [-0.05, 0) is 56.0 Å². The molecule has 0 saturated carbocycles. The van der Waals surface area contributed by atoms with Crippen LogP contribution in [-0.4, -0.2) is 16.8 Å². The van der Waals surface area contributed by atoms with Gasteiger partial charge in [-0.1, -0.05) is 23.5 Å². The Morgan fingerprint density at radius 3 is 2.81 bits per heavy atom. The average molecular weight is 398 g/mol. The molecule has 4 rings (SSSR count). The van der Waals surface area contributed by atoms with Crippen LogP contribution in [0.5, 0.6) is 0 Å². The van der Waals surface area contributed by atoms with E-state index in [1.807, 2.05) is 37.3 Å². The fourth-order valence-corrected chi connectivity index (χ4v) is 4.75. The monoisotopic (exact) mass is 397 g/mol. The van der Waals surface area contributed by atoms with E-state index in [9.17, 15) is 9.59 Å². The van der Waals surface area contributed by atoms with Gasteiger partial charge in [0.1, 0.15) is 0 Å². The number of thiazole rings is 1. The van der Waals surface area contributed by atoms with Crippen LogP contribution in [0.4, 0.5) is 10.8 Å². The van der Waals surface area contributed by atoms with Crippen LogP contribution < -0.4 is 10.6 Å². The Hall–Kier alpha value is -2.51. The summed E-state index contributed by atoms with van der Waals surface area (Å²) in [5.74, 6) is 0.224. The summed E-state index contributed by atoms with van der Waals surface area (Å²) in [5.41, 5.74) is 1.55. The SMILES string of the molecule is Cc1ccc(C(=O)Nc2nc3ccc(NC(=O)CC4C=CCC4)cc3s2)s1. The maximum absolute atomic E-state index is 12.3. The van der Waals surface area contributed by atoms with Crippen LogP contribution in [0.1, 0.15) is 33.8 Å². The Morgan fingerprint density at radius 2 is 2.07 bits per heavy atom. The normalized spacial score (nSPS) is 16.0. The number of fused-ring (bicyclic) bond motifs is 1. The van der Waals surface area contributed by atoms with Crippen molar-refractivity contribution >= 4 is 55.5 Å². The van der Waals surface area contributed by atoms with E-state index in [1.165, 1.54) is 22.7 Å². The van der Waals surface area contributed by atoms with Crippen molar-refractivity contribution < 1.29 is 9.59 Å². The molecule has 2 heterocycles. The van der Waals surface area contributed by atoms with Crippen molar-refractivity contribution in [3.8, 4) is 0 Å². The molecule has 1 aliphatic carbocycles. The molecule has 1 aromatic carbocycles. The van der Waals surface area contributed by atoms with Crippen molar-refractivity contribution in [2.75, 3.05) is 10.6 Å². The third kappa shape index (κ3) is 4.26. The molecule has 5 nitrogen and oxygen atoms in total. The van der Waals surface area contributed by atoms with Gasteiger partial charge in [-0.3, -0.25) is 14.9 Å². The molecule has 0 fully saturated rings. The van der Waals surface area contributed by atoms with Gasteiger partial charge in [-0.2, -0.15) is 0 Å². The van der Waals surface area contributed by atoms with E-state index < -0.39 is 0 Å². The van der Waals surface area contributed by atoms with Crippen LogP contribution in [0.2, 0.25) is 0 Å². The first-order valence-corrected chi connectivity index (χ1v) is 10.4. The molecule has 0 bridgehead atoms. The van der Waals surface area contributed by atoms with Gasteiger partial charge in [0.15, 0.2) is 5.13 Å². The Kier molecular flexibility index (Phi) is 5.05. The van der Waals surface area contributed by atoms with Gasteiger partial charge in [-0.15, -0.1) is 11.3 Å². The summed E-state index contributed by atoms with van der Waals surface area (Å²) >= 11 is 2.86. The van der Waals surface area contributed by atoms with E-state index >= 15 is 0 Å². The minimum atomic E-state index is -0.148. The number of rotatable bonds is 5. The second-order valence-corrected chi connectivity index (χ2v) is 8.90. The van der Waals surface area contributed by atoms with Crippen molar-refractivity contribution in [2.45, 2.75) is 26.2 Å². The lowest BCUT2D eigenvalue weighted by molar-refractivity contribution is -0.116. The Bertz CT molecular complexity index is 1030. The fourth-order valence-electron chi connectivity index (χ4n) is 3.09. The third-order valence-corrected chi connectivity index (χ3v) is 6.35. The average Bonchev–Trinajstić information content (AvgIpc) is 3.35. The lowest BCUT2D eigenvalue weighted by Crippen LogP contribution is -2.14. The Morgan fingerprint density at radius 1 is 1.19 bits per heavy atom. The van der Waals surface area contributed by atoms with E-state index in [0.717, 1.165) is 33.6 Å². The van der Waals surface area contributed by atoms with Crippen molar-refractivity contribution in [1.29, 1.82) is 0 Å². The molecule has 1 unspecified atom stereocenters. The summed E-state index contributed by atoms with van der Waals surface area (Å²) in [6.07, 6.45) is 6.88. The van der Waals surface area contributed by atoms with Gasteiger partial charge >= 0.3 is 0 Å². The number of allylic oxidation sites excluding steroid dienone is 2. The van der Waals surface area contributed by atoms with Gasteiger partial charge in [0, 0.05) is 17.0 Å². The van der Waals surface area contributed by atoms with E-state index in [0.29, 0.717) is 22.3 Å². The lowest BCUT2D eigenvalue weighted by Gasteiger charge is -2.08. The zero-order chi connectivity index (χ0) is 18.8. The number of amides is 2. The summed E-state index contributed by atoms with van der Waals surface area (Å²) in [5, 5.41) is 6.37. The van der Waals surface area contributed by atoms with Crippen LogP contribution in [0, 0.1) is 12.8 Å². The van der Waals surface area contributed by atoms with Crippen LogP contribution in [0.3, 0.4) is 0 Å². The van der Waals surface area contributed by atoms with Crippen LogP contribution in [0.15, 0.2) is 42.5 Å². The predicted octanol–water partition coefficient (Wildman–Crippen LogP) is 5.21. The molecule has 0 spiro atoms. The first-order valence-electron chi connectivity index (χ1n) is 8.82. The first-order chi connectivity index (χ1) is 13.1. The van der Waals surface area contributed by atoms with Gasteiger partial charge in [0.05, 0.1) is 15.1 Å². The number of nitrogens with one attached hydrogen (secondary N) is 2. The number of carbonyl (C=O) groups is 2. The third-order valence-electron chi connectivity index (χ3n) is 4.42. The second kappa shape index (κ2) is 7.62. The number of thiophene rings is 1. The van der Waals surface area contributed by atoms with Crippen molar-refractivity contribution in [3.63, 3.8) is 0 Å². The maximum Gasteiger partial charge on any atom is 0.267 e. The number of carbonyl (C=O) groups excluding carboxylic acids is 2. The molecule has 2 N–H and O–H groups in total. The van der Waals surface area contributed by atoms with E-state index in [4.69, 9.17) is 0 Å². The van der Waals surface area contributed by atoms with Gasteiger partial charge in [0.2, 0.25) is 5.91 Å². The summed E-state index contributed by atoms with van der Waals surface area (Å²) < 4.78 is 0.922. The van der Waals surface area contributed by atoms with Crippen molar-refractivity contribution in [1.82, 2.24) is 4.98 Å². The molecule has 138 valence electrons. The minimum absolute atomic E-state index is 0.0250. The highest BCUT2D eigenvalue weighted by atomic mass is 32.1. The van der Waals surface area contributed by atoms with Crippen LogP contribution in [0.25, 0.3) is 10.2 Å². The smallest absolute Gasteiger partial charge is 0.267 e. The molecule has 0 aliphatic heterocycles. The van der Waals surface area contributed by atoms with Crippen molar-refractivity contribution in [3.05, 3.63) is 52.2 Å². The van der Waals surface area contributed by atoms with Crippen LogP contribution >= 0.6 is 22.7 Å². The Balaban J connectivity index is 1.44. The zero-order valence-corrected chi connectivity index (χ0v) is 16.5. The van der Waals surface area contributed by atoms with Gasteiger partial charge in [0.25, 0.3) is 5.91 Å². The molecule has 2 amide bonds. The number of nitrogens with zero attached hydrogens (tertiary/aromatic N) is 1. The quantitative estimate of drug-likeness (QED) is 0.580. The molecule has 2 aromatic heterocycles. The summed E-state index contributed by atoms with van der Waals surface area (Å²) in [7, 11) is 0. The topological polar surface area (TPSA) is 71.1 Å². The summed E-state index contributed by atoms with van der Waals surface area (Å²) in [6, 6.07) is 9.35. The zero-order valence-electron chi connectivity index (χ0n) is 14.8. The van der Waals surface area contributed by atoms with E-state index in [1.54, 1.807) is 0 Å². The summed E-state index contributed by atoms with van der Waals surface area (Å²) in [6.45, 7) is 1.97. The number of benzene rings is 1. The molecule has 3 aromatic rings. The second-order valence-electron chi connectivity index (χ2n) is 6.58. The standard InChI is InChI=1S/C20H19N3O2S2/c1-12-6-9-16(26-12)19(25)23-20-22-15-8-7-14(11-17(15)27-20)21-18(24)10-13-4-2-3-5-13/h2,4,6-9,11,13H,3,5,10H2,1H3,(H,21,24)(H,22,23,25). The fraction of sp³-hybridized carbons (Fsp3) is 0.250. The molecule has 27 heavy (non-hydrogen) atoms. The number of aromatic nitrogens is 1. The number of anilines is 2. The predicted molar refractivity (Wildman–Crippen MR) is 112 cm³/mol. The molecule has 0 saturated heterocycles. The van der Waals surface area contributed by atoms with Gasteiger partial charge in [-0.25, -0.2) is 4.98 Å². The maximum atomic E-state index is 12.3. The molecule has 1 atom stereocenters. The number of hydrogen-bond acceptors (Lipinski definition) is 5. The van der Waals surface area contributed by atoms with Crippen LogP contribution in [-0.2, 0) is 4.79 Å². The molecule has 7 heteroatoms. The highest BCUT2D eigenvalue weighted by Crippen LogP contribution is 2.29. The number of hydrogen-bond donors (Lipinski definition) is 2. The highest BCUT2D eigenvalue weighted by Gasteiger charge is 2.15. The molecule has 0 radical (unpaired) electrons. The number of aryl methyl sites for hydroxylation is 1.